The molecule has 0 aromatic rings. The summed E-state index contributed by atoms with van der Waals surface area (Å²) in [5.74, 6) is -1.87. The van der Waals surface area contributed by atoms with E-state index in [-0.39, 0.29) is 22.6 Å². The molecular weight excluding hydrogens is 260 g/mol. The van der Waals surface area contributed by atoms with Gasteiger partial charge in [0.25, 0.3) is 5.91 Å². The van der Waals surface area contributed by atoms with Crippen LogP contribution in [0.2, 0.25) is 0 Å². The van der Waals surface area contributed by atoms with Crippen LogP contribution >= 0.6 is 0 Å². The van der Waals surface area contributed by atoms with E-state index < -0.39 is 17.9 Å². The zero-order valence-electron chi connectivity index (χ0n) is 13.2. The molecule has 0 heterocycles. The molecule has 0 fully saturated rings. The molecule has 2 N–H and O–H groups in total. The van der Waals surface area contributed by atoms with Crippen molar-refractivity contribution in [2.24, 2.45) is 5.41 Å². The molecule has 1 unspecified atom stereocenters. The highest BCUT2D eigenvalue weighted by Gasteiger charge is 2.28. The summed E-state index contributed by atoms with van der Waals surface area (Å²) in [6.45, 7) is 10.5. The lowest BCUT2D eigenvalue weighted by atomic mass is 9.87. The molecule has 0 aliphatic heterocycles. The second-order valence-electron chi connectivity index (χ2n) is 5.97. The smallest absolute Gasteiger partial charge is 0.331 e. The quantitative estimate of drug-likeness (QED) is 0.776. The number of aliphatic carboxylic acids is 1. The molecule has 0 spiro atoms. The van der Waals surface area contributed by atoms with E-state index in [4.69, 9.17) is 5.11 Å². The fraction of sp³-hybridized carbons (Fsp3) is 0.643. The number of imide groups is 1. The SMILES string of the molecule is CC(C(=O)O)=C(C)C(=O)NC(=O)N(C)C(C)C(C)(C)C. The zero-order chi connectivity index (χ0) is 16.2. The standard InChI is InChI=1S/C14H24N2O4/c1-8(9(2)12(18)19)11(17)15-13(20)16(7)10(3)14(4,5)6/h10H,1-7H3,(H,18,19)(H,15,17,20). The normalized spacial score (nSPS) is 14.2. The monoisotopic (exact) mass is 284 g/mol. The van der Waals surface area contributed by atoms with E-state index in [1.165, 1.54) is 18.7 Å². The molecule has 0 saturated carbocycles. The fourth-order valence-electron chi connectivity index (χ4n) is 1.37. The van der Waals surface area contributed by atoms with Gasteiger partial charge < -0.3 is 10.0 Å². The van der Waals surface area contributed by atoms with E-state index in [0.29, 0.717) is 0 Å². The maximum atomic E-state index is 12.0. The van der Waals surface area contributed by atoms with Gasteiger partial charge in [-0.1, -0.05) is 20.8 Å². The molecule has 0 rings (SSSR count). The van der Waals surface area contributed by atoms with Crippen molar-refractivity contribution in [2.75, 3.05) is 7.05 Å². The topological polar surface area (TPSA) is 86.7 Å². The first kappa shape index (κ1) is 18.1. The number of amides is 3. The van der Waals surface area contributed by atoms with Crippen LogP contribution in [0.5, 0.6) is 0 Å². The second-order valence-corrected chi connectivity index (χ2v) is 5.97. The molecule has 20 heavy (non-hydrogen) atoms. The van der Waals surface area contributed by atoms with E-state index in [9.17, 15) is 14.4 Å². The summed E-state index contributed by atoms with van der Waals surface area (Å²) >= 11 is 0. The molecular formula is C14H24N2O4. The van der Waals surface area contributed by atoms with Crippen LogP contribution in [0.1, 0.15) is 41.5 Å². The lowest BCUT2D eigenvalue weighted by Crippen LogP contribution is -2.49. The molecule has 0 bridgehead atoms. The number of hydrogen-bond donors (Lipinski definition) is 2. The fourth-order valence-corrected chi connectivity index (χ4v) is 1.37. The van der Waals surface area contributed by atoms with Gasteiger partial charge in [-0.05, 0) is 26.2 Å². The van der Waals surface area contributed by atoms with Crippen molar-refractivity contribution in [1.82, 2.24) is 10.2 Å². The summed E-state index contributed by atoms with van der Waals surface area (Å²) in [6, 6.07) is -0.630. The van der Waals surface area contributed by atoms with Gasteiger partial charge in [-0.25, -0.2) is 9.59 Å². The Kier molecular flexibility index (Phi) is 5.94. The van der Waals surface area contributed by atoms with Crippen molar-refractivity contribution in [1.29, 1.82) is 0 Å². The number of carboxylic acids is 1. The van der Waals surface area contributed by atoms with Gasteiger partial charge >= 0.3 is 12.0 Å². The summed E-state index contributed by atoms with van der Waals surface area (Å²) in [5, 5.41) is 11.0. The van der Waals surface area contributed by atoms with Crippen LogP contribution in [0.4, 0.5) is 4.79 Å². The first-order chi connectivity index (χ1) is 8.89. The third-order valence-corrected chi connectivity index (χ3v) is 3.60. The Labute approximate surface area is 119 Å². The van der Waals surface area contributed by atoms with E-state index in [1.54, 1.807) is 7.05 Å². The van der Waals surface area contributed by atoms with Crippen molar-refractivity contribution < 1.29 is 19.5 Å². The molecule has 0 aliphatic rings. The first-order valence-electron chi connectivity index (χ1n) is 6.38. The Hall–Kier alpha value is -1.85. The third-order valence-electron chi connectivity index (χ3n) is 3.60. The third kappa shape index (κ3) is 4.68. The van der Waals surface area contributed by atoms with Crippen molar-refractivity contribution in [3.8, 4) is 0 Å². The number of carboxylic acid groups (broad SMARTS) is 1. The highest BCUT2D eigenvalue weighted by atomic mass is 16.4. The summed E-state index contributed by atoms with van der Waals surface area (Å²) in [4.78, 5) is 36.0. The van der Waals surface area contributed by atoms with Gasteiger partial charge in [0.15, 0.2) is 0 Å². The lowest BCUT2D eigenvalue weighted by molar-refractivity contribution is -0.133. The van der Waals surface area contributed by atoms with Crippen molar-refractivity contribution >= 4 is 17.9 Å². The maximum absolute atomic E-state index is 12.0. The minimum absolute atomic E-state index is 0.0164. The Morgan fingerprint density at radius 2 is 1.55 bits per heavy atom. The molecule has 0 radical (unpaired) electrons. The van der Waals surface area contributed by atoms with Crippen LogP contribution < -0.4 is 5.32 Å². The van der Waals surface area contributed by atoms with Crippen molar-refractivity contribution in [3.05, 3.63) is 11.1 Å². The van der Waals surface area contributed by atoms with E-state index in [2.05, 4.69) is 5.32 Å². The Morgan fingerprint density at radius 1 is 1.10 bits per heavy atom. The molecule has 3 amide bonds. The number of hydrogen-bond acceptors (Lipinski definition) is 3. The second kappa shape index (κ2) is 6.54. The molecule has 0 aromatic carbocycles. The molecule has 6 nitrogen and oxygen atoms in total. The van der Waals surface area contributed by atoms with Gasteiger partial charge in [-0.2, -0.15) is 0 Å². The number of carbonyl (C=O) groups is 3. The van der Waals surface area contributed by atoms with Crippen LogP contribution in [0.3, 0.4) is 0 Å². The summed E-state index contributed by atoms with van der Waals surface area (Å²) in [7, 11) is 1.60. The Morgan fingerprint density at radius 3 is 1.90 bits per heavy atom. The molecule has 1 atom stereocenters. The van der Waals surface area contributed by atoms with Gasteiger partial charge in [0.05, 0.1) is 0 Å². The van der Waals surface area contributed by atoms with Gasteiger partial charge in [0.1, 0.15) is 0 Å². The maximum Gasteiger partial charge on any atom is 0.331 e. The van der Waals surface area contributed by atoms with Gasteiger partial charge in [0.2, 0.25) is 0 Å². The van der Waals surface area contributed by atoms with Crippen LogP contribution in [0, 0.1) is 5.41 Å². The van der Waals surface area contributed by atoms with Crippen LogP contribution in [-0.2, 0) is 9.59 Å². The van der Waals surface area contributed by atoms with E-state index in [1.807, 2.05) is 27.7 Å². The van der Waals surface area contributed by atoms with Crippen LogP contribution in [-0.4, -0.2) is 41.0 Å². The molecule has 6 heteroatoms. The molecule has 0 aliphatic carbocycles. The van der Waals surface area contributed by atoms with E-state index in [0.717, 1.165) is 0 Å². The van der Waals surface area contributed by atoms with Gasteiger partial charge in [-0.15, -0.1) is 0 Å². The van der Waals surface area contributed by atoms with Gasteiger partial charge in [0, 0.05) is 24.2 Å². The predicted octanol–water partition coefficient (Wildman–Crippen LogP) is 2.01. The van der Waals surface area contributed by atoms with Crippen LogP contribution in [0.25, 0.3) is 0 Å². The predicted molar refractivity (Wildman–Crippen MR) is 76.2 cm³/mol. The number of nitrogens with one attached hydrogen (secondary N) is 1. The Bertz CT molecular complexity index is 447. The average molecular weight is 284 g/mol. The molecule has 0 saturated heterocycles. The number of urea groups is 1. The van der Waals surface area contributed by atoms with Crippen molar-refractivity contribution in [2.45, 2.75) is 47.6 Å². The average Bonchev–Trinajstić information content (AvgIpc) is 2.33. The molecule has 0 aromatic heterocycles. The number of rotatable bonds is 3. The van der Waals surface area contributed by atoms with Crippen molar-refractivity contribution in [3.63, 3.8) is 0 Å². The number of carbonyl (C=O) groups excluding carboxylic acids is 2. The van der Waals surface area contributed by atoms with Gasteiger partial charge in [-0.3, -0.25) is 10.1 Å². The highest BCUT2D eigenvalue weighted by Crippen LogP contribution is 2.22. The summed E-state index contributed by atoms with van der Waals surface area (Å²) in [6.07, 6.45) is 0. The summed E-state index contributed by atoms with van der Waals surface area (Å²) in [5.41, 5.74) is -0.193. The Balaban J connectivity index is 4.91. The minimum atomic E-state index is -1.18. The van der Waals surface area contributed by atoms with E-state index >= 15 is 0 Å². The largest absolute Gasteiger partial charge is 0.478 e. The number of nitrogens with zero attached hydrogens (tertiary/aromatic N) is 1. The highest BCUT2D eigenvalue weighted by molar-refractivity contribution is 6.07. The first-order valence-corrected chi connectivity index (χ1v) is 6.38. The lowest BCUT2D eigenvalue weighted by Gasteiger charge is -2.35. The summed E-state index contributed by atoms with van der Waals surface area (Å²) < 4.78 is 0. The molecule has 114 valence electrons. The van der Waals surface area contributed by atoms with Crippen LogP contribution in [0.15, 0.2) is 11.1 Å². The minimum Gasteiger partial charge on any atom is -0.478 e. The zero-order valence-corrected chi connectivity index (χ0v) is 13.2.